The van der Waals surface area contributed by atoms with E-state index in [0.29, 0.717) is 27.9 Å². The van der Waals surface area contributed by atoms with Crippen LogP contribution < -0.4 is 16.0 Å². The number of ether oxygens (including phenoxy) is 1. The fraction of sp³-hybridized carbons (Fsp3) is 0.481. The van der Waals surface area contributed by atoms with Gasteiger partial charge in [0.15, 0.2) is 0 Å². The number of fused-ring (bicyclic) bond motifs is 1. The van der Waals surface area contributed by atoms with Gasteiger partial charge in [0, 0.05) is 38.2 Å². The molecule has 2 aromatic rings. The maximum absolute atomic E-state index is 13.2. The van der Waals surface area contributed by atoms with Gasteiger partial charge >= 0.3 is 5.97 Å². The Morgan fingerprint density at radius 1 is 1.08 bits per heavy atom. The second-order valence-corrected chi connectivity index (χ2v) is 10.9. The predicted octanol–water partition coefficient (Wildman–Crippen LogP) is 3.41. The van der Waals surface area contributed by atoms with Crippen LogP contribution in [0.2, 0.25) is 4.34 Å². The van der Waals surface area contributed by atoms with E-state index in [-0.39, 0.29) is 43.6 Å². The Hall–Kier alpha value is -2.95. The third-order valence-electron chi connectivity index (χ3n) is 6.26. The minimum Gasteiger partial charge on any atom is -0.466 e. The molecule has 3 amide bonds. The molecule has 1 aliphatic heterocycles. The monoisotopic (exact) mass is 562 g/mol. The lowest BCUT2D eigenvalue weighted by Gasteiger charge is -2.19. The Morgan fingerprint density at radius 2 is 1.84 bits per heavy atom. The maximum atomic E-state index is 13.2. The van der Waals surface area contributed by atoms with Gasteiger partial charge in [-0.05, 0) is 75.0 Å². The Labute approximate surface area is 232 Å². The quantitative estimate of drug-likeness (QED) is 0.341. The Morgan fingerprint density at radius 3 is 2.55 bits per heavy atom. The highest BCUT2D eigenvalue weighted by atomic mass is 35.5. The smallest absolute Gasteiger partial charge is 0.305 e. The van der Waals surface area contributed by atoms with Crippen molar-refractivity contribution in [1.29, 1.82) is 0 Å². The molecule has 1 atom stereocenters. The zero-order valence-corrected chi connectivity index (χ0v) is 23.4. The van der Waals surface area contributed by atoms with Crippen molar-refractivity contribution in [1.82, 2.24) is 15.5 Å². The average molecular weight is 563 g/mol. The summed E-state index contributed by atoms with van der Waals surface area (Å²) < 4.78 is 5.34. The van der Waals surface area contributed by atoms with E-state index in [9.17, 15) is 19.2 Å². The highest BCUT2D eigenvalue weighted by molar-refractivity contribution is 7.18. The molecule has 0 saturated heterocycles. The van der Waals surface area contributed by atoms with Crippen molar-refractivity contribution in [3.63, 3.8) is 0 Å². The Kier molecular flexibility index (Phi) is 11.6. The molecule has 0 bridgehead atoms. The van der Waals surface area contributed by atoms with Gasteiger partial charge in [-0.1, -0.05) is 17.7 Å². The zero-order valence-electron chi connectivity index (χ0n) is 21.8. The van der Waals surface area contributed by atoms with E-state index in [1.165, 1.54) is 11.1 Å². The normalized spacial score (nSPS) is 14.1. The predicted molar refractivity (Wildman–Crippen MR) is 149 cm³/mol. The number of nitrogens with one attached hydrogen (secondary N) is 3. The molecule has 0 fully saturated rings. The number of halogens is 1. The van der Waals surface area contributed by atoms with Crippen LogP contribution in [0.1, 0.15) is 53.4 Å². The first-order valence-corrected chi connectivity index (χ1v) is 14.0. The van der Waals surface area contributed by atoms with Crippen molar-refractivity contribution in [3.05, 3.63) is 50.7 Å². The van der Waals surface area contributed by atoms with Gasteiger partial charge in [0.25, 0.3) is 5.91 Å². The molecule has 3 rings (SSSR count). The second kappa shape index (κ2) is 14.8. The molecule has 2 heterocycles. The molecule has 1 unspecified atom stereocenters. The van der Waals surface area contributed by atoms with Crippen LogP contribution in [-0.2, 0) is 32.0 Å². The van der Waals surface area contributed by atoms with Gasteiger partial charge < -0.3 is 25.6 Å². The number of esters is 1. The summed E-state index contributed by atoms with van der Waals surface area (Å²) in [4.78, 5) is 52.3. The van der Waals surface area contributed by atoms with E-state index in [2.05, 4.69) is 27.9 Å². The molecule has 38 heavy (non-hydrogen) atoms. The number of thiophene rings is 1. The topological polar surface area (TPSA) is 117 Å². The number of carbonyl (C=O) groups excluding carboxylic acids is 4. The fourth-order valence-electron chi connectivity index (χ4n) is 4.15. The van der Waals surface area contributed by atoms with Crippen LogP contribution in [0.15, 0.2) is 30.3 Å². The lowest BCUT2D eigenvalue weighted by atomic mass is 10.0. The minimum atomic E-state index is -0.881. The minimum absolute atomic E-state index is 0.167. The highest BCUT2D eigenvalue weighted by Gasteiger charge is 2.23. The molecule has 1 aromatic carbocycles. The summed E-state index contributed by atoms with van der Waals surface area (Å²) in [6.45, 7) is 4.16. The fourth-order valence-corrected chi connectivity index (χ4v) is 5.10. The van der Waals surface area contributed by atoms with Crippen molar-refractivity contribution in [3.8, 4) is 0 Å². The van der Waals surface area contributed by atoms with Crippen molar-refractivity contribution >= 4 is 52.3 Å². The molecule has 206 valence electrons. The van der Waals surface area contributed by atoms with Crippen LogP contribution >= 0.6 is 22.9 Å². The van der Waals surface area contributed by atoms with E-state index in [1.54, 1.807) is 19.1 Å². The summed E-state index contributed by atoms with van der Waals surface area (Å²) in [5.74, 6) is -1.35. The number of nitrogens with zero attached hydrogens (tertiary/aromatic N) is 1. The molecular weight excluding hydrogens is 528 g/mol. The molecule has 0 aliphatic carbocycles. The van der Waals surface area contributed by atoms with Gasteiger partial charge in [-0.15, -0.1) is 11.3 Å². The summed E-state index contributed by atoms with van der Waals surface area (Å²) >= 11 is 7.09. The van der Waals surface area contributed by atoms with E-state index >= 15 is 0 Å². The van der Waals surface area contributed by atoms with E-state index < -0.39 is 11.9 Å². The van der Waals surface area contributed by atoms with Crippen molar-refractivity contribution in [2.24, 2.45) is 0 Å². The Bertz CT molecular complexity index is 1140. The van der Waals surface area contributed by atoms with Crippen molar-refractivity contribution in [2.45, 2.75) is 51.5 Å². The largest absolute Gasteiger partial charge is 0.466 e. The lowest BCUT2D eigenvalue weighted by molar-refractivity contribution is -0.143. The number of anilines is 1. The third kappa shape index (κ3) is 9.41. The summed E-state index contributed by atoms with van der Waals surface area (Å²) in [6.07, 6.45) is 2.76. The summed E-state index contributed by atoms with van der Waals surface area (Å²) in [5.41, 5.74) is 3.15. The molecule has 1 aromatic heterocycles. The molecule has 3 N–H and O–H groups in total. The molecule has 11 heteroatoms. The van der Waals surface area contributed by atoms with Crippen molar-refractivity contribution < 1.29 is 23.9 Å². The van der Waals surface area contributed by atoms with Crippen LogP contribution in [0, 0.1) is 0 Å². The molecule has 9 nitrogen and oxygen atoms in total. The standard InChI is InChI=1S/C27H35ClN4O5S/c1-3-37-25(34)6-4-5-24(33)29-14-11-21(31-27(36)22-9-10-23(28)38-22)26(35)30-20-8-7-18-12-15-32(2)16-13-19(18)17-20/h7-10,17,21H,3-6,11-16H2,1-2H3,(H,29,33)(H,30,35)(H,31,36). The lowest BCUT2D eigenvalue weighted by Crippen LogP contribution is -2.45. The number of benzene rings is 1. The summed E-state index contributed by atoms with van der Waals surface area (Å²) in [7, 11) is 2.10. The number of carbonyl (C=O) groups is 4. The van der Waals surface area contributed by atoms with Crippen LogP contribution in [0.5, 0.6) is 0 Å². The highest BCUT2D eigenvalue weighted by Crippen LogP contribution is 2.22. The molecular formula is C27H35ClN4O5S. The zero-order chi connectivity index (χ0) is 27.5. The van der Waals surface area contributed by atoms with Gasteiger partial charge in [-0.3, -0.25) is 19.2 Å². The van der Waals surface area contributed by atoms with E-state index in [4.69, 9.17) is 16.3 Å². The molecule has 1 aliphatic rings. The molecule has 0 spiro atoms. The van der Waals surface area contributed by atoms with Gasteiger partial charge in [0.05, 0.1) is 15.8 Å². The average Bonchev–Trinajstić information content (AvgIpc) is 3.23. The number of hydrogen-bond donors (Lipinski definition) is 3. The van der Waals surface area contributed by atoms with Gasteiger partial charge in [0.2, 0.25) is 11.8 Å². The number of likely N-dealkylation sites (N-methyl/N-ethyl adjacent to an activating group) is 1. The summed E-state index contributed by atoms with van der Waals surface area (Å²) in [6, 6.07) is 8.27. The van der Waals surface area contributed by atoms with Crippen molar-refractivity contribution in [2.75, 3.05) is 38.6 Å². The van der Waals surface area contributed by atoms with Crippen LogP contribution in [-0.4, -0.2) is 67.9 Å². The molecule has 0 radical (unpaired) electrons. The first-order valence-electron chi connectivity index (χ1n) is 12.8. The summed E-state index contributed by atoms with van der Waals surface area (Å²) in [5, 5.41) is 8.46. The van der Waals surface area contributed by atoms with E-state index in [1.807, 2.05) is 18.2 Å². The number of rotatable bonds is 12. The van der Waals surface area contributed by atoms with E-state index in [0.717, 1.165) is 37.3 Å². The van der Waals surface area contributed by atoms with Crippen LogP contribution in [0.4, 0.5) is 5.69 Å². The van der Waals surface area contributed by atoms with Crippen LogP contribution in [0.3, 0.4) is 0 Å². The first kappa shape index (κ1) is 29.6. The first-order chi connectivity index (χ1) is 18.2. The number of amides is 3. The van der Waals surface area contributed by atoms with Gasteiger partial charge in [-0.2, -0.15) is 0 Å². The van der Waals surface area contributed by atoms with Gasteiger partial charge in [-0.25, -0.2) is 0 Å². The van der Waals surface area contributed by atoms with Gasteiger partial charge in [0.1, 0.15) is 6.04 Å². The molecule has 0 saturated carbocycles. The maximum Gasteiger partial charge on any atom is 0.305 e. The Balaban J connectivity index is 1.60. The second-order valence-electron chi connectivity index (χ2n) is 9.20. The SMILES string of the molecule is CCOC(=O)CCCC(=O)NCCC(NC(=O)c1ccc(Cl)s1)C(=O)Nc1ccc2c(c1)CCN(C)CC2. The van der Waals surface area contributed by atoms with Crippen LogP contribution in [0.25, 0.3) is 0 Å². The third-order valence-corrected chi connectivity index (χ3v) is 7.49. The number of hydrogen-bond acceptors (Lipinski definition) is 7.